The van der Waals surface area contributed by atoms with E-state index < -0.39 is 0 Å². The molecule has 3 aromatic rings. The first-order valence-electron chi connectivity index (χ1n) is 9.00. The van der Waals surface area contributed by atoms with Crippen molar-refractivity contribution in [3.63, 3.8) is 0 Å². The quantitative estimate of drug-likeness (QED) is 0.565. The second kappa shape index (κ2) is 9.61. The van der Waals surface area contributed by atoms with Crippen LogP contribution in [0.25, 0.3) is 10.2 Å². The summed E-state index contributed by atoms with van der Waals surface area (Å²) in [6.07, 6.45) is 0. The number of thiophene rings is 1. The third-order valence-corrected chi connectivity index (χ3v) is 5.34. The average Bonchev–Trinajstić information content (AvgIpc) is 3.05. The monoisotopic (exact) mass is 430 g/mol. The average molecular weight is 430 g/mol. The summed E-state index contributed by atoms with van der Waals surface area (Å²) in [6, 6.07) is 6.88. The molecule has 2 heterocycles. The number of benzene rings is 1. The lowest BCUT2D eigenvalue weighted by molar-refractivity contribution is -0.119. The normalized spacial score (nSPS) is 10.8. The first kappa shape index (κ1) is 21.6. The van der Waals surface area contributed by atoms with E-state index in [1.807, 2.05) is 6.92 Å². The van der Waals surface area contributed by atoms with Crippen LogP contribution in [0.4, 0.5) is 11.4 Å². The Morgan fingerprint density at radius 2 is 1.80 bits per heavy atom. The van der Waals surface area contributed by atoms with Crippen molar-refractivity contribution in [3.8, 4) is 5.88 Å². The maximum Gasteiger partial charge on any atom is 0.266 e. The van der Waals surface area contributed by atoms with Gasteiger partial charge in [0, 0.05) is 25.6 Å². The summed E-state index contributed by atoms with van der Waals surface area (Å²) in [4.78, 5) is 34.6. The molecule has 9 nitrogen and oxygen atoms in total. The third kappa shape index (κ3) is 4.73. The Bertz CT molecular complexity index is 1080. The van der Waals surface area contributed by atoms with Crippen molar-refractivity contribution in [2.75, 3.05) is 38.6 Å². The number of fused-ring (bicyclic) bond motifs is 1. The van der Waals surface area contributed by atoms with Gasteiger partial charge in [-0.1, -0.05) is 6.07 Å². The number of carbonyl (C=O) groups excluding carboxylic acids is 2. The first-order valence-corrected chi connectivity index (χ1v) is 9.81. The van der Waals surface area contributed by atoms with E-state index in [4.69, 9.17) is 14.2 Å². The van der Waals surface area contributed by atoms with Crippen LogP contribution < -0.4 is 15.4 Å². The molecule has 2 N–H and O–H groups in total. The fourth-order valence-corrected chi connectivity index (χ4v) is 3.98. The molecule has 0 saturated carbocycles. The van der Waals surface area contributed by atoms with Crippen LogP contribution in [0.1, 0.15) is 21.1 Å². The fourth-order valence-electron chi connectivity index (χ4n) is 2.89. The van der Waals surface area contributed by atoms with Crippen LogP contribution in [0.2, 0.25) is 0 Å². The molecule has 0 radical (unpaired) electrons. The van der Waals surface area contributed by atoms with E-state index in [0.29, 0.717) is 38.2 Å². The van der Waals surface area contributed by atoms with Crippen molar-refractivity contribution < 1.29 is 23.8 Å². The lowest BCUT2D eigenvalue weighted by Gasteiger charge is -2.08. The summed E-state index contributed by atoms with van der Waals surface area (Å²) in [6.45, 7) is 2.02. The lowest BCUT2D eigenvalue weighted by atomic mass is 10.2. The molecule has 2 aromatic heterocycles. The van der Waals surface area contributed by atoms with Crippen LogP contribution in [-0.2, 0) is 20.9 Å². The molecule has 0 unspecified atom stereocenters. The Morgan fingerprint density at radius 3 is 2.47 bits per heavy atom. The Hall–Kier alpha value is -3.08. The largest absolute Gasteiger partial charge is 0.480 e. The van der Waals surface area contributed by atoms with Gasteiger partial charge in [-0.2, -0.15) is 4.98 Å². The minimum absolute atomic E-state index is 0.0501. The topological polar surface area (TPSA) is 112 Å². The lowest BCUT2D eigenvalue weighted by Crippen LogP contribution is -2.17. The summed E-state index contributed by atoms with van der Waals surface area (Å²) in [7, 11) is 4.53. The minimum Gasteiger partial charge on any atom is -0.480 e. The van der Waals surface area contributed by atoms with E-state index in [1.165, 1.54) is 25.6 Å². The molecule has 0 spiro atoms. The molecule has 0 aliphatic carbocycles. The number of anilines is 2. The smallest absolute Gasteiger partial charge is 0.266 e. The zero-order valence-corrected chi connectivity index (χ0v) is 17.9. The molecule has 0 bridgehead atoms. The van der Waals surface area contributed by atoms with Gasteiger partial charge in [0.2, 0.25) is 11.8 Å². The number of nitrogens with one attached hydrogen (secondary N) is 2. The fraction of sp³-hybridized carbons (Fsp3) is 0.300. The minimum atomic E-state index is -0.286. The van der Waals surface area contributed by atoms with Crippen LogP contribution >= 0.6 is 11.3 Å². The van der Waals surface area contributed by atoms with Gasteiger partial charge >= 0.3 is 0 Å². The highest BCUT2D eigenvalue weighted by molar-refractivity contribution is 7.20. The third-order valence-electron chi connectivity index (χ3n) is 4.16. The second-order valence-electron chi connectivity index (χ2n) is 6.33. The second-order valence-corrected chi connectivity index (χ2v) is 7.33. The van der Waals surface area contributed by atoms with Crippen LogP contribution in [-0.4, -0.2) is 49.7 Å². The number of aryl methyl sites for hydroxylation is 1. The van der Waals surface area contributed by atoms with E-state index in [2.05, 4.69) is 20.6 Å². The number of aromatic nitrogens is 2. The van der Waals surface area contributed by atoms with E-state index in [-0.39, 0.29) is 25.0 Å². The summed E-state index contributed by atoms with van der Waals surface area (Å²) in [5.41, 5.74) is 1.84. The number of ether oxygens (including phenoxy) is 3. The van der Waals surface area contributed by atoms with E-state index >= 15 is 0 Å². The van der Waals surface area contributed by atoms with Crippen molar-refractivity contribution in [3.05, 3.63) is 40.5 Å². The van der Waals surface area contributed by atoms with Gasteiger partial charge in [-0.15, -0.1) is 11.3 Å². The highest BCUT2D eigenvalue weighted by Gasteiger charge is 2.21. The van der Waals surface area contributed by atoms with Crippen molar-refractivity contribution in [2.24, 2.45) is 0 Å². The molecule has 0 aliphatic rings. The Morgan fingerprint density at radius 1 is 1.07 bits per heavy atom. The van der Waals surface area contributed by atoms with Crippen molar-refractivity contribution in [1.82, 2.24) is 9.97 Å². The maximum absolute atomic E-state index is 12.9. The molecule has 0 aliphatic heterocycles. The van der Waals surface area contributed by atoms with Gasteiger partial charge in [-0.05, 0) is 30.7 Å². The Kier molecular flexibility index (Phi) is 6.93. The molecule has 3 rings (SSSR count). The summed E-state index contributed by atoms with van der Waals surface area (Å²) in [5, 5.41) is 6.26. The van der Waals surface area contributed by atoms with Crippen LogP contribution in [0.3, 0.4) is 0 Å². The molecule has 0 fully saturated rings. The number of rotatable bonds is 8. The van der Waals surface area contributed by atoms with Gasteiger partial charge in [0.15, 0.2) is 5.82 Å². The SMILES string of the molecule is COCC(=O)Nc1cccc(NC(=O)c2sc3nc(COC)nc(OC)c3c2C)c1. The van der Waals surface area contributed by atoms with Crippen molar-refractivity contribution >= 4 is 44.7 Å². The summed E-state index contributed by atoms with van der Waals surface area (Å²) in [5.74, 6) is 0.322. The van der Waals surface area contributed by atoms with Gasteiger partial charge < -0.3 is 24.8 Å². The number of nitrogens with zero attached hydrogens (tertiary/aromatic N) is 2. The number of methoxy groups -OCH3 is 3. The predicted molar refractivity (Wildman–Crippen MR) is 114 cm³/mol. The number of hydrogen-bond donors (Lipinski definition) is 2. The van der Waals surface area contributed by atoms with Crippen LogP contribution in [0, 0.1) is 6.92 Å². The molecule has 0 atom stereocenters. The highest BCUT2D eigenvalue weighted by Crippen LogP contribution is 2.35. The molecule has 10 heteroatoms. The molecule has 158 valence electrons. The Labute approximate surface area is 177 Å². The Balaban J connectivity index is 1.87. The first-order chi connectivity index (χ1) is 14.5. The van der Waals surface area contributed by atoms with Gasteiger partial charge in [0.1, 0.15) is 18.0 Å². The van der Waals surface area contributed by atoms with Crippen LogP contribution in [0.15, 0.2) is 24.3 Å². The summed E-state index contributed by atoms with van der Waals surface area (Å²) >= 11 is 1.26. The molecular weight excluding hydrogens is 408 g/mol. The van der Waals surface area contributed by atoms with Gasteiger partial charge in [-0.25, -0.2) is 4.98 Å². The van der Waals surface area contributed by atoms with Gasteiger partial charge in [0.05, 0.1) is 17.4 Å². The molecule has 0 saturated heterocycles. The van der Waals surface area contributed by atoms with Crippen molar-refractivity contribution in [1.29, 1.82) is 0 Å². The van der Waals surface area contributed by atoms with Crippen molar-refractivity contribution in [2.45, 2.75) is 13.5 Å². The summed E-state index contributed by atoms with van der Waals surface area (Å²) < 4.78 is 15.3. The zero-order valence-electron chi connectivity index (χ0n) is 17.1. The molecule has 30 heavy (non-hydrogen) atoms. The van der Waals surface area contributed by atoms with E-state index in [0.717, 1.165) is 5.56 Å². The van der Waals surface area contributed by atoms with Gasteiger partial charge in [-0.3, -0.25) is 9.59 Å². The van der Waals surface area contributed by atoms with E-state index in [9.17, 15) is 9.59 Å². The molecule has 1 aromatic carbocycles. The standard InChI is InChI=1S/C20H22N4O5S/c1-11-16-19(29-4)23-14(9-27-2)24-20(16)30-17(11)18(26)22-13-7-5-6-12(8-13)21-15(25)10-28-3/h5-8H,9-10H2,1-4H3,(H,21,25)(H,22,26). The number of hydrogen-bond acceptors (Lipinski definition) is 8. The zero-order chi connectivity index (χ0) is 21.7. The van der Waals surface area contributed by atoms with Crippen LogP contribution in [0.5, 0.6) is 5.88 Å². The number of carbonyl (C=O) groups is 2. The maximum atomic E-state index is 12.9. The highest BCUT2D eigenvalue weighted by atomic mass is 32.1. The van der Waals surface area contributed by atoms with E-state index in [1.54, 1.807) is 31.4 Å². The number of amides is 2. The molecular formula is C20H22N4O5S. The molecule has 2 amide bonds. The van der Waals surface area contributed by atoms with Gasteiger partial charge in [0.25, 0.3) is 5.91 Å². The predicted octanol–water partition coefficient (Wildman–Crippen LogP) is 2.99.